The van der Waals surface area contributed by atoms with Crippen LogP contribution in [0.25, 0.3) is 10.8 Å². The number of nitrogens with one attached hydrogen (secondary N) is 1. The van der Waals surface area contributed by atoms with Crippen LogP contribution in [0.5, 0.6) is 5.75 Å². The van der Waals surface area contributed by atoms with E-state index in [1.54, 1.807) is 6.92 Å². The first kappa shape index (κ1) is 28.3. The van der Waals surface area contributed by atoms with Gasteiger partial charge in [0.2, 0.25) is 0 Å². The predicted molar refractivity (Wildman–Crippen MR) is 130 cm³/mol. The SMILES string of the molecule is CC1(C(NC(=O)c2ccc3ccc(C(F)(F)F)cc3c2OCc2ccc(C(F)(F)F)cc2)C(=O)O)CCCC1. The molecule has 1 aliphatic carbocycles. The molecule has 39 heavy (non-hydrogen) atoms. The molecule has 0 aliphatic heterocycles. The third-order valence-electron chi connectivity index (χ3n) is 7.17. The van der Waals surface area contributed by atoms with E-state index >= 15 is 0 Å². The van der Waals surface area contributed by atoms with Crippen LogP contribution in [0.2, 0.25) is 0 Å². The second kappa shape index (κ2) is 10.4. The molecular weight excluding hydrogens is 528 g/mol. The number of carboxylic acids is 1. The van der Waals surface area contributed by atoms with E-state index in [1.165, 1.54) is 18.2 Å². The van der Waals surface area contributed by atoms with Gasteiger partial charge in [-0.05, 0) is 59.5 Å². The smallest absolute Gasteiger partial charge is 0.416 e. The molecule has 3 aromatic carbocycles. The van der Waals surface area contributed by atoms with Crippen LogP contribution in [0.3, 0.4) is 0 Å². The second-order valence-corrected chi connectivity index (χ2v) is 9.97. The van der Waals surface area contributed by atoms with Gasteiger partial charge in [-0.2, -0.15) is 26.3 Å². The lowest BCUT2D eigenvalue weighted by Gasteiger charge is -2.31. The van der Waals surface area contributed by atoms with Crippen LogP contribution in [-0.4, -0.2) is 23.0 Å². The fourth-order valence-corrected chi connectivity index (χ4v) is 4.96. The zero-order chi connectivity index (χ0) is 28.6. The van der Waals surface area contributed by atoms with E-state index < -0.39 is 46.8 Å². The first-order chi connectivity index (χ1) is 18.2. The Labute approximate surface area is 219 Å². The molecule has 3 aromatic rings. The number of carbonyl (C=O) groups excluding carboxylic acids is 1. The normalized spacial score (nSPS) is 16.2. The summed E-state index contributed by atoms with van der Waals surface area (Å²) in [7, 11) is 0. The highest BCUT2D eigenvalue weighted by molar-refractivity contribution is 6.05. The number of amides is 1. The summed E-state index contributed by atoms with van der Waals surface area (Å²) in [6, 6.07) is 8.42. The topological polar surface area (TPSA) is 75.6 Å². The molecule has 1 saturated carbocycles. The predicted octanol–water partition coefficient (Wildman–Crippen LogP) is 7.22. The summed E-state index contributed by atoms with van der Waals surface area (Å²) in [5, 5.41) is 12.6. The minimum absolute atomic E-state index is 0.0525. The number of carbonyl (C=O) groups is 2. The maximum absolute atomic E-state index is 13.5. The molecule has 4 rings (SSSR count). The number of hydrogen-bond acceptors (Lipinski definition) is 3. The first-order valence-electron chi connectivity index (χ1n) is 12.2. The Kier molecular flexibility index (Phi) is 7.55. The van der Waals surface area contributed by atoms with Gasteiger partial charge in [0.25, 0.3) is 5.91 Å². The van der Waals surface area contributed by atoms with E-state index in [9.17, 15) is 41.0 Å². The van der Waals surface area contributed by atoms with Crippen molar-refractivity contribution < 1.29 is 45.8 Å². The number of rotatable bonds is 7. The van der Waals surface area contributed by atoms with Gasteiger partial charge in [0, 0.05) is 5.39 Å². The number of hydrogen-bond donors (Lipinski definition) is 2. The van der Waals surface area contributed by atoms with E-state index in [0.29, 0.717) is 18.2 Å². The Morgan fingerprint density at radius 3 is 2.05 bits per heavy atom. The molecule has 0 aromatic heterocycles. The number of benzene rings is 3. The highest BCUT2D eigenvalue weighted by Crippen LogP contribution is 2.41. The summed E-state index contributed by atoms with van der Waals surface area (Å²) in [6.07, 6.45) is -6.49. The molecular formula is C28H25F6NO4. The minimum Gasteiger partial charge on any atom is -0.487 e. The summed E-state index contributed by atoms with van der Waals surface area (Å²) >= 11 is 0. The van der Waals surface area contributed by atoms with E-state index in [0.717, 1.165) is 49.2 Å². The number of ether oxygens (including phenoxy) is 1. The molecule has 1 aliphatic rings. The van der Waals surface area contributed by atoms with Crippen molar-refractivity contribution >= 4 is 22.6 Å². The third-order valence-corrected chi connectivity index (χ3v) is 7.17. The van der Waals surface area contributed by atoms with Gasteiger partial charge in [-0.15, -0.1) is 0 Å². The molecule has 5 nitrogen and oxygen atoms in total. The molecule has 0 radical (unpaired) electrons. The van der Waals surface area contributed by atoms with Crippen LogP contribution >= 0.6 is 0 Å². The van der Waals surface area contributed by atoms with Crippen molar-refractivity contribution in [3.05, 3.63) is 76.9 Å². The summed E-state index contributed by atoms with van der Waals surface area (Å²) in [5.41, 5.74) is -2.50. The summed E-state index contributed by atoms with van der Waals surface area (Å²) in [6.45, 7) is 1.41. The van der Waals surface area contributed by atoms with Crippen LogP contribution in [0.4, 0.5) is 26.3 Å². The van der Waals surface area contributed by atoms with Gasteiger partial charge in [0.15, 0.2) is 0 Å². The third kappa shape index (κ3) is 6.12. The Morgan fingerprint density at radius 1 is 0.923 bits per heavy atom. The minimum atomic E-state index is -4.69. The lowest BCUT2D eigenvalue weighted by atomic mass is 9.80. The van der Waals surface area contributed by atoms with Gasteiger partial charge in [-0.3, -0.25) is 4.79 Å². The molecule has 1 amide bonds. The zero-order valence-electron chi connectivity index (χ0n) is 20.7. The number of carboxylic acid groups (broad SMARTS) is 1. The zero-order valence-corrected chi connectivity index (χ0v) is 20.7. The second-order valence-electron chi connectivity index (χ2n) is 9.97. The molecule has 0 spiro atoms. The van der Waals surface area contributed by atoms with Crippen molar-refractivity contribution in [1.82, 2.24) is 5.32 Å². The number of alkyl halides is 6. The fourth-order valence-electron chi connectivity index (χ4n) is 4.96. The first-order valence-corrected chi connectivity index (χ1v) is 12.2. The number of aliphatic carboxylic acids is 1. The van der Waals surface area contributed by atoms with Crippen molar-refractivity contribution in [3.63, 3.8) is 0 Å². The van der Waals surface area contributed by atoms with Crippen LogP contribution in [0.1, 0.15) is 59.7 Å². The van der Waals surface area contributed by atoms with E-state index in [2.05, 4.69) is 5.32 Å². The van der Waals surface area contributed by atoms with Crippen molar-refractivity contribution in [2.75, 3.05) is 0 Å². The summed E-state index contributed by atoms with van der Waals surface area (Å²) in [5.74, 6) is -2.32. The van der Waals surface area contributed by atoms with E-state index in [1.807, 2.05) is 0 Å². The van der Waals surface area contributed by atoms with Gasteiger partial charge >= 0.3 is 18.3 Å². The molecule has 208 valence electrons. The Morgan fingerprint density at radius 2 is 1.49 bits per heavy atom. The van der Waals surface area contributed by atoms with Gasteiger partial charge in [0.05, 0.1) is 16.7 Å². The largest absolute Gasteiger partial charge is 0.487 e. The Balaban J connectivity index is 1.73. The highest BCUT2D eigenvalue weighted by atomic mass is 19.4. The summed E-state index contributed by atoms with van der Waals surface area (Å²) in [4.78, 5) is 25.4. The fraction of sp³-hybridized carbons (Fsp3) is 0.357. The van der Waals surface area contributed by atoms with Crippen LogP contribution in [-0.2, 0) is 23.8 Å². The van der Waals surface area contributed by atoms with E-state index in [4.69, 9.17) is 4.74 Å². The van der Waals surface area contributed by atoms with Crippen molar-refractivity contribution in [2.24, 2.45) is 5.41 Å². The van der Waals surface area contributed by atoms with Gasteiger partial charge in [0.1, 0.15) is 18.4 Å². The maximum atomic E-state index is 13.5. The van der Waals surface area contributed by atoms with Crippen molar-refractivity contribution in [1.29, 1.82) is 0 Å². The van der Waals surface area contributed by atoms with Gasteiger partial charge in [-0.25, -0.2) is 4.79 Å². The Hall–Kier alpha value is -3.76. The number of halogens is 6. The average molecular weight is 553 g/mol. The Bertz CT molecular complexity index is 1380. The molecule has 1 unspecified atom stereocenters. The molecule has 0 saturated heterocycles. The molecule has 11 heteroatoms. The molecule has 1 fully saturated rings. The summed E-state index contributed by atoms with van der Waals surface area (Å²) < 4.78 is 85.0. The standard InChI is InChI=1S/C28H25F6NO4/c1-26(12-2-3-13-26)23(25(37)38)35-24(36)20-11-7-17-6-10-19(28(32,33)34)14-21(17)22(20)39-15-16-4-8-18(9-5-16)27(29,30)31/h4-11,14,23H,2-3,12-13,15H2,1H3,(H,35,36)(H,37,38). The molecule has 2 N–H and O–H groups in total. The van der Waals surface area contributed by atoms with Crippen LogP contribution in [0, 0.1) is 5.41 Å². The maximum Gasteiger partial charge on any atom is 0.416 e. The van der Waals surface area contributed by atoms with Crippen LogP contribution < -0.4 is 10.1 Å². The van der Waals surface area contributed by atoms with Crippen LogP contribution in [0.15, 0.2) is 54.6 Å². The number of fused-ring (bicyclic) bond motifs is 1. The lowest BCUT2D eigenvalue weighted by Crippen LogP contribution is -2.50. The molecule has 0 heterocycles. The van der Waals surface area contributed by atoms with Gasteiger partial charge < -0.3 is 15.2 Å². The monoisotopic (exact) mass is 553 g/mol. The molecule has 0 bridgehead atoms. The average Bonchev–Trinajstić information content (AvgIpc) is 3.31. The van der Waals surface area contributed by atoms with Gasteiger partial charge in [-0.1, -0.05) is 44.0 Å². The van der Waals surface area contributed by atoms with E-state index in [-0.39, 0.29) is 28.9 Å². The highest BCUT2D eigenvalue weighted by Gasteiger charge is 2.42. The lowest BCUT2D eigenvalue weighted by molar-refractivity contribution is -0.142. The molecule has 1 atom stereocenters. The van der Waals surface area contributed by atoms with Crippen molar-refractivity contribution in [3.8, 4) is 5.75 Å². The van der Waals surface area contributed by atoms with Crippen molar-refractivity contribution in [2.45, 2.75) is 57.6 Å². The quantitative estimate of drug-likeness (QED) is 0.303.